The van der Waals surface area contributed by atoms with Gasteiger partial charge in [0.25, 0.3) is 0 Å². The van der Waals surface area contributed by atoms with Gasteiger partial charge in [-0.1, -0.05) is 22.9 Å². The molecule has 0 aromatic heterocycles. The highest BCUT2D eigenvalue weighted by Crippen LogP contribution is 2.03. The van der Waals surface area contributed by atoms with Gasteiger partial charge in [-0.15, -0.1) is 0 Å². The molecule has 1 saturated heterocycles. The van der Waals surface area contributed by atoms with E-state index in [1.165, 1.54) is 52.1 Å². The van der Waals surface area contributed by atoms with E-state index in [0.717, 1.165) is 5.33 Å². The highest BCUT2D eigenvalue weighted by Gasteiger charge is 2.14. The first-order valence-electron chi connectivity index (χ1n) is 5.37. The lowest BCUT2D eigenvalue weighted by atomic mass is 10.2. The summed E-state index contributed by atoms with van der Waals surface area (Å²) in [7, 11) is 0. The lowest BCUT2D eigenvalue weighted by Crippen LogP contribution is -2.46. The van der Waals surface area contributed by atoms with Crippen molar-refractivity contribution in [3.05, 3.63) is 0 Å². The van der Waals surface area contributed by atoms with Gasteiger partial charge in [0, 0.05) is 31.5 Å². The highest BCUT2D eigenvalue weighted by molar-refractivity contribution is 9.09. The van der Waals surface area contributed by atoms with E-state index < -0.39 is 0 Å². The first kappa shape index (κ1) is 11.5. The van der Waals surface area contributed by atoms with E-state index in [-0.39, 0.29) is 0 Å². The van der Waals surface area contributed by atoms with Crippen molar-refractivity contribution in [3.63, 3.8) is 0 Å². The molecule has 1 heterocycles. The molecular formula is C10H21BrN2. The Labute approximate surface area is 90.4 Å². The zero-order valence-corrected chi connectivity index (χ0v) is 10.2. The predicted molar refractivity (Wildman–Crippen MR) is 61.6 cm³/mol. The summed E-state index contributed by atoms with van der Waals surface area (Å²) in [4.78, 5) is 5.12. The maximum Gasteiger partial charge on any atom is 0.0110 e. The molecule has 13 heavy (non-hydrogen) atoms. The second-order valence-corrected chi connectivity index (χ2v) is 4.46. The maximum absolute atomic E-state index is 3.47. The van der Waals surface area contributed by atoms with Gasteiger partial charge in [-0.3, -0.25) is 0 Å². The fourth-order valence-electron chi connectivity index (χ4n) is 1.76. The van der Waals surface area contributed by atoms with Crippen LogP contribution in [0, 0.1) is 0 Å². The molecule has 0 bridgehead atoms. The van der Waals surface area contributed by atoms with Crippen molar-refractivity contribution in [1.29, 1.82) is 0 Å². The molecule has 0 N–H and O–H groups in total. The minimum Gasteiger partial charge on any atom is -0.301 e. The Hall–Kier alpha value is 0.400. The summed E-state index contributed by atoms with van der Waals surface area (Å²) in [5.41, 5.74) is 0. The molecule has 0 aromatic rings. The van der Waals surface area contributed by atoms with Crippen molar-refractivity contribution >= 4 is 15.9 Å². The molecule has 3 heteroatoms. The smallest absolute Gasteiger partial charge is 0.0110 e. The van der Waals surface area contributed by atoms with Crippen LogP contribution >= 0.6 is 15.9 Å². The van der Waals surface area contributed by atoms with Crippen molar-refractivity contribution in [2.24, 2.45) is 0 Å². The minimum atomic E-state index is 1.15. The lowest BCUT2D eigenvalue weighted by molar-refractivity contribution is 0.136. The van der Waals surface area contributed by atoms with Crippen molar-refractivity contribution in [3.8, 4) is 0 Å². The molecular weight excluding hydrogens is 228 g/mol. The second kappa shape index (κ2) is 6.80. The zero-order valence-electron chi connectivity index (χ0n) is 8.64. The topological polar surface area (TPSA) is 6.48 Å². The normalized spacial score (nSPS) is 20.8. The summed E-state index contributed by atoms with van der Waals surface area (Å²) in [6.07, 6.45) is 2.66. The second-order valence-electron chi connectivity index (χ2n) is 3.67. The van der Waals surface area contributed by atoms with Gasteiger partial charge >= 0.3 is 0 Å². The van der Waals surface area contributed by atoms with E-state index in [0.29, 0.717) is 0 Å². The molecule has 1 rings (SSSR count). The van der Waals surface area contributed by atoms with E-state index >= 15 is 0 Å². The molecule has 2 nitrogen and oxygen atoms in total. The van der Waals surface area contributed by atoms with Gasteiger partial charge in [-0.05, 0) is 25.9 Å². The van der Waals surface area contributed by atoms with Gasteiger partial charge in [0.2, 0.25) is 0 Å². The number of piperazine rings is 1. The number of hydrogen-bond donors (Lipinski definition) is 0. The first-order valence-corrected chi connectivity index (χ1v) is 6.49. The molecule has 1 fully saturated rings. The van der Waals surface area contributed by atoms with E-state index in [9.17, 15) is 0 Å². The number of unbranched alkanes of at least 4 members (excludes halogenated alkanes) is 1. The van der Waals surface area contributed by atoms with Crippen molar-refractivity contribution in [2.75, 3.05) is 44.6 Å². The number of nitrogens with zero attached hydrogens (tertiary/aromatic N) is 2. The third-order valence-electron chi connectivity index (χ3n) is 2.77. The number of hydrogen-bond acceptors (Lipinski definition) is 2. The fraction of sp³-hybridized carbons (Fsp3) is 1.00. The van der Waals surface area contributed by atoms with Gasteiger partial charge in [0.15, 0.2) is 0 Å². The maximum atomic E-state index is 3.47. The van der Waals surface area contributed by atoms with Gasteiger partial charge in [0.05, 0.1) is 0 Å². The number of rotatable bonds is 5. The summed E-state index contributed by atoms with van der Waals surface area (Å²) in [5.74, 6) is 0. The van der Waals surface area contributed by atoms with Crippen molar-refractivity contribution < 1.29 is 0 Å². The van der Waals surface area contributed by atoms with E-state index in [2.05, 4.69) is 32.7 Å². The fourth-order valence-corrected chi connectivity index (χ4v) is 2.16. The first-order chi connectivity index (χ1) is 6.36. The Morgan fingerprint density at radius 2 is 1.62 bits per heavy atom. The van der Waals surface area contributed by atoms with Gasteiger partial charge in [0.1, 0.15) is 0 Å². The largest absolute Gasteiger partial charge is 0.301 e. The molecule has 1 aliphatic heterocycles. The Morgan fingerprint density at radius 3 is 2.15 bits per heavy atom. The summed E-state index contributed by atoms with van der Waals surface area (Å²) >= 11 is 3.47. The molecule has 1 aliphatic rings. The van der Waals surface area contributed by atoms with Crippen LogP contribution in [0.5, 0.6) is 0 Å². The molecule has 0 aliphatic carbocycles. The lowest BCUT2D eigenvalue weighted by Gasteiger charge is -2.33. The third-order valence-corrected chi connectivity index (χ3v) is 3.33. The van der Waals surface area contributed by atoms with E-state index in [1.54, 1.807) is 0 Å². The average Bonchev–Trinajstić information content (AvgIpc) is 2.19. The van der Waals surface area contributed by atoms with Crippen LogP contribution in [0.1, 0.15) is 19.8 Å². The molecule has 0 saturated carbocycles. The van der Waals surface area contributed by atoms with Crippen LogP contribution in [0.3, 0.4) is 0 Å². The predicted octanol–water partition coefficient (Wildman–Crippen LogP) is 1.80. The van der Waals surface area contributed by atoms with Crippen LogP contribution in [0.15, 0.2) is 0 Å². The van der Waals surface area contributed by atoms with Crippen LogP contribution in [-0.2, 0) is 0 Å². The Kier molecular flexibility index (Phi) is 6.00. The van der Waals surface area contributed by atoms with Gasteiger partial charge in [-0.2, -0.15) is 0 Å². The number of likely N-dealkylation sites (N-methyl/N-ethyl adjacent to an activating group) is 1. The summed E-state index contributed by atoms with van der Waals surface area (Å²) in [5, 5.41) is 1.15. The molecule has 0 amide bonds. The van der Waals surface area contributed by atoms with Crippen LogP contribution in [-0.4, -0.2) is 54.4 Å². The zero-order chi connectivity index (χ0) is 9.52. The molecule has 78 valence electrons. The quantitative estimate of drug-likeness (QED) is 0.541. The molecule has 0 aromatic carbocycles. The standard InChI is InChI=1S/C10H21BrN2/c1-2-12-7-9-13(10-8-12)6-4-3-5-11/h2-10H2,1H3. The van der Waals surface area contributed by atoms with E-state index in [1.807, 2.05) is 0 Å². The van der Waals surface area contributed by atoms with Crippen LogP contribution in [0.4, 0.5) is 0 Å². The Balaban J connectivity index is 2.03. The van der Waals surface area contributed by atoms with E-state index in [4.69, 9.17) is 0 Å². The van der Waals surface area contributed by atoms with Crippen LogP contribution in [0.25, 0.3) is 0 Å². The SMILES string of the molecule is CCN1CCN(CCCCBr)CC1. The van der Waals surface area contributed by atoms with Crippen molar-refractivity contribution in [2.45, 2.75) is 19.8 Å². The average molecular weight is 249 g/mol. The van der Waals surface area contributed by atoms with Crippen LogP contribution in [0.2, 0.25) is 0 Å². The number of halogens is 1. The molecule has 0 atom stereocenters. The molecule has 0 radical (unpaired) electrons. The molecule has 0 unspecified atom stereocenters. The summed E-state index contributed by atoms with van der Waals surface area (Å²) in [6.45, 7) is 9.85. The van der Waals surface area contributed by atoms with Crippen LogP contribution < -0.4 is 0 Å². The molecule has 0 spiro atoms. The summed E-state index contributed by atoms with van der Waals surface area (Å²) < 4.78 is 0. The monoisotopic (exact) mass is 248 g/mol. The summed E-state index contributed by atoms with van der Waals surface area (Å²) in [6, 6.07) is 0. The highest BCUT2D eigenvalue weighted by atomic mass is 79.9. The Bertz CT molecular complexity index is 119. The van der Waals surface area contributed by atoms with Crippen molar-refractivity contribution in [1.82, 2.24) is 9.80 Å². The van der Waals surface area contributed by atoms with Gasteiger partial charge in [-0.25, -0.2) is 0 Å². The Morgan fingerprint density at radius 1 is 1.00 bits per heavy atom. The third kappa shape index (κ3) is 4.43. The number of alkyl halides is 1. The minimum absolute atomic E-state index is 1.15. The van der Waals surface area contributed by atoms with Gasteiger partial charge < -0.3 is 9.80 Å².